The lowest BCUT2D eigenvalue weighted by atomic mass is 10.3. The molecule has 0 atom stereocenters. The van der Waals surface area contributed by atoms with E-state index in [9.17, 15) is 8.42 Å². The molecule has 1 aliphatic rings. The predicted molar refractivity (Wildman–Crippen MR) is 137 cm³/mol. The number of hydrogen-bond acceptors (Lipinski definition) is 7. The van der Waals surface area contributed by atoms with Crippen molar-refractivity contribution in [2.75, 3.05) is 44.5 Å². The molecule has 3 aromatic rings. The summed E-state index contributed by atoms with van der Waals surface area (Å²) < 4.78 is 28.4. The Morgan fingerprint density at radius 1 is 1.09 bits per heavy atom. The monoisotopic (exact) mass is 540 g/mol. The third-order valence-electron chi connectivity index (χ3n) is 5.01. The minimum Gasteiger partial charge on any atom is -0.400 e. The number of fused-ring (bicyclic) bond motifs is 1. The highest BCUT2D eigenvalue weighted by Crippen LogP contribution is 2.30. The van der Waals surface area contributed by atoms with Crippen LogP contribution in [0.15, 0.2) is 39.7 Å². The minimum atomic E-state index is -3.46. The van der Waals surface area contributed by atoms with Crippen molar-refractivity contribution in [1.82, 2.24) is 18.9 Å². The van der Waals surface area contributed by atoms with Gasteiger partial charge in [-0.1, -0.05) is 13.8 Å². The van der Waals surface area contributed by atoms with E-state index < -0.39 is 10.0 Å². The van der Waals surface area contributed by atoms with Gasteiger partial charge < -0.3 is 15.3 Å². The molecule has 0 spiro atoms. The molecule has 11 heteroatoms. The summed E-state index contributed by atoms with van der Waals surface area (Å²) in [7, 11) is 0.586. The van der Waals surface area contributed by atoms with Crippen molar-refractivity contribution in [2.45, 2.75) is 38.5 Å². The minimum absolute atomic E-state index is 0.253. The molecule has 1 aliphatic heterocycles. The quantitative estimate of drug-likeness (QED) is 0.503. The van der Waals surface area contributed by atoms with Gasteiger partial charge in [0.15, 0.2) is 5.65 Å². The summed E-state index contributed by atoms with van der Waals surface area (Å²) in [6, 6.07) is 8.69. The molecule has 0 amide bonds. The molecule has 33 heavy (non-hydrogen) atoms. The number of benzene rings is 1. The van der Waals surface area contributed by atoms with Gasteiger partial charge in [0, 0.05) is 46.0 Å². The molecule has 2 aromatic heterocycles. The number of hydrogen-bond donors (Lipinski definition) is 2. The smallest absolute Gasteiger partial charge is 0.242 e. The number of aliphatic hydroxyl groups excluding tert-OH is 1. The average molecular weight is 542 g/mol. The number of anilines is 3. The molecule has 1 fully saturated rings. The number of rotatable bonds is 5. The number of aryl methyl sites for hydroxylation is 1. The fourth-order valence-corrected chi connectivity index (χ4v) is 4.59. The van der Waals surface area contributed by atoms with Gasteiger partial charge in [0.2, 0.25) is 10.0 Å². The molecule has 0 saturated carbocycles. The normalized spacial score (nSPS) is 13.4. The van der Waals surface area contributed by atoms with Crippen molar-refractivity contribution in [3.63, 3.8) is 0 Å². The third kappa shape index (κ3) is 5.84. The molecule has 0 radical (unpaired) electrons. The molecule has 3 heterocycles. The zero-order chi connectivity index (χ0) is 24.8. The molecule has 4 rings (SSSR count). The third-order valence-corrected chi connectivity index (χ3v) is 7.77. The molecule has 1 aromatic carbocycles. The second kappa shape index (κ2) is 11.8. The molecule has 0 aliphatic carbocycles. The van der Waals surface area contributed by atoms with Gasteiger partial charge in [0.05, 0.1) is 15.1 Å². The summed E-state index contributed by atoms with van der Waals surface area (Å²) in [4.78, 5) is 7.32. The summed E-state index contributed by atoms with van der Waals surface area (Å²) in [5, 5.41) is 14.9. The summed E-state index contributed by atoms with van der Waals surface area (Å²) >= 11 is 3.59. The van der Waals surface area contributed by atoms with Crippen LogP contribution in [0.2, 0.25) is 0 Å². The van der Waals surface area contributed by atoms with Crippen LogP contribution < -0.4 is 10.2 Å². The lowest BCUT2D eigenvalue weighted by molar-refractivity contribution is 0.399. The van der Waals surface area contributed by atoms with E-state index in [0.717, 1.165) is 66.2 Å². The number of nitrogens with zero attached hydrogens (tertiary/aromatic N) is 5. The van der Waals surface area contributed by atoms with Gasteiger partial charge in [0.25, 0.3) is 0 Å². The van der Waals surface area contributed by atoms with Gasteiger partial charge >= 0.3 is 0 Å². The molecule has 182 valence electrons. The number of sulfonamides is 1. The van der Waals surface area contributed by atoms with Crippen molar-refractivity contribution in [3.8, 4) is 0 Å². The second-order valence-electron chi connectivity index (χ2n) is 7.27. The van der Waals surface area contributed by atoms with Gasteiger partial charge in [-0.3, -0.25) is 0 Å². The molecule has 0 bridgehead atoms. The maximum Gasteiger partial charge on any atom is 0.242 e. The predicted octanol–water partition coefficient (Wildman–Crippen LogP) is 4.03. The van der Waals surface area contributed by atoms with Crippen LogP contribution in [0.5, 0.6) is 0 Å². The fourth-order valence-electron chi connectivity index (χ4n) is 3.35. The zero-order valence-corrected chi connectivity index (χ0v) is 22.4. The van der Waals surface area contributed by atoms with Gasteiger partial charge in [-0.05, 0) is 60.0 Å². The molecule has 2 N–H and O–H groups in total. The lowest BCUT2D eigenvalue weighted by Crippen LogP contribution is -2.22. The first-order chi connectivity index (χ1) is 15.8. The maximum absolute atomic E-state index is 12.3. The van der Waals surface area contributed by atoms with Gasteiger partial charge in [-0.2, -0.15) is 9.61 Å². The number of halogens is 1. The summed E-state index contributed by atoms with van der Waals surface area (Å²) in [5.41, 5.74) is 2.37. The van der Waals surface area contributed by atoms with Crippen molar-refractivity contribution < 1.29 is 13.5 Å². The van der Waals surface area contributed by atoms with Crippen LogP contribution in [0.3, 0.4) is 0 Å². The number of nitrogens with one attached hydrogen (secondary N) is 1. The second-order valence-corrected chi connectivity index (χ2v) is 10.2. The number of aromatic nitrogens is 3. The van der Waals surface area contributed by atoms with Crippen LogP contribution in [-0.4, -0.2) is 66.7 Å². The first kappa shape index (κ1) is 27.0. The highest BCUT2D eigenvalue weighted by atomic mass is 79.9. The SMILES string of the molecule is CC.CO.Cc1nn2c(Nc3ccc(S(=O)(=O)N(C)C)cc3)cc(N3CCCC3)nc2c1Br. The Kier molecular flexibility index (Phi) is 9.65. The van der Waals surface area contributed by atoms with Crippen LogP contribution >= 0.6 is 15.9 Å². The average Bonchev–Trinajstić information content (AvgIpc) is 3.46. The Morgan fingerprint density at radius 3 is 2.21 bits per heavy atom. The summed E-state index contributed by atoms with van der Waals surface area (Å²) in [6.45, 7) is 7.91. The molecule has 9 nitrogen and oxygen atoms in total. The van der Waals surface area contributed by atoms with E-state index in [1.807, 2.05) is 26.8 Å². The molecule has 1 saturated heterocycles. The van der Waals surface area contributed by atoms with Gasteiger partial charge in [-0.25, -0.2) is 17.7 Å². The Morgan fingerprint density at radius 2 is 1.67 bits per heavy atom. The van der Waals surface area contributed by atoms with E-state index in [4.69, 9.17) is 10.1 Å². The standard InChI is InChI=1S/C19H23BrN6O2S.C2H6.CH4O/c1-13-18(20)19-22-16(25-10-4-5-11-25)12-17(26(19)23-13)21-14-6-8-15(9-7-14)29(27,28)24(2)3;2*1-2/h6-9,12,21H,4-5,10-11H2,1-3H3;1-2H3;2H,1H3. The Labute approximate surface area is 204 Å². The Bertz CT molecular complexity index is 1160. The molecule has 0 unspecified atom stereocenters. The largest absolute Gasteiger partial charge is 0.400 e. The van der Waals surface area contributed by atoms with Crippen molar-refractivity contribution in [3.05, 3.63) is 40.5 Å². The van der Waals surface area contributed by atoms with Gasteiger partial charge in [0.1, 0.15) is 11.6 Å². The van der Waals surface area contributed by atoms with Crippen molar-refractivity contribution >= 4 is 48.9 Å². The van der Waals surface area contributed by atoms with Crippen molar-refractivity contribution in [1.29, 1.82) is 0 Å². The first-order valence-electron chi connectivity index (χ1n) is 10.8. The van der Waals surface area contributed by atoms with Crippen LogP contribution in [0.4, 0.5) is 17.3 Å². The molecular weight excluding hydrogens is 508 g/mol. The fraction of sp³-hybridized carbons (Fsp3) is 0.455. The van der Waals surface area contributed by atoms with Gasteiger partial charge in [-0.15, -0.1) is 0 Å². The zero-order valence-electron chi connectivity index (χ0n) is 20.0. The summed E-state index contributed by atoms with van der Waals surface area (Å²) in [6.07, 6.45) is 2.33. The van der Waals surface area contributed by atoms with Crippen LogP contribution in [-0.2, 0) is 10.0 Å². The topological polar surface area (TPSA) is 103 Å². The first-order valence-corrected chi connectivity index (χ1v) is 13.1. The van der Waals surface area contributed by atoms with E-state index >= 15 is 0 Å². The molecular formula is C22H33BrN6O3S. The Hall–Kier alpha value is -2.21. The van der Waals surface area contributed by atoms with Crippen molar-refractivity contribution in [2.24, 2.45) is 0 Å². The van der Waals surface area contributed by atoms with Crippen LogP contribution in [0, 0.1) is 6.92 Å². The lowest BCUT2D eigenvalue weighted by Gasteiger charge is -2.18. The number of aliphatic hydroxyl groups is 1. The van der Waals surface area contributed by atoms with E-state index in [0.29, 0.717) is 0 Å². The highest BCUT2D eigenvalue weighted by Gasteiger charge is 2.20. The maximum atomic E-state index is 12.3. The van der Waals surface area contributed by atoms with E-state index in [2.05, 4.69) is 31.2 Å². The van der Waals surface area contributed by atoms with E-state index in [1.165, 1.54) is 18.4 Å². The van der Waals surface area contributed by atoms with E-state index in [1.54, 1.807) is 28.8 Å². The van der Waals surface area contributed by atoms with Crippen LogP contribution in [0.1, 0.15) is 32.4 Å². The Balaban J connectivity index is 0.000000914. The highest BCUT2D eigenvalue weighted by molar-refractivity contribution is 9.10. The van der Waals surface area contributed by atoms with Crippen LogP contribution in [0.25, 0.3) is 5.65 Å². The summed E-state index contributed by atoms with van der Waals surface area (Å²) in [5.74, 6) is 1.68. The van der Waals surface area contributed by atoms with E-state index in [-0.39, 0.29) is 4.90 Å².